The van der Waals surface area contributed by atoms with E-state index in [1.54, 1.807) is 17.9 Å². The molecule has 0 unspecified atom stereocenters. The van der Waals surface area contributed by atoms with Gasteiger partial charge in [0.05, 0.1) is 6.54 Å². The predicted octanol–water partition coefficient (Wildman–Crippen LogP) is 1.63. The molecule has 1 aromatic heterocycles. The second kappa shape index (κ2) is 7.69. The van der Waals surface area contributed by atoms with E-state index in [2.05, 4.69) is 5.32 Å². The molecule has 0 saturated heterocycles. The second-order valence-electron chi connectivity index (χ2n) is 4.52. The van der Waals surface area contributed by atoms with Gasteiger partial charge in [-0.1, -0.05) is 0 Å². The monoisotopic (exact) mass is 282 g/mol. The fraction of sp³-hybridized carbons (Fsp3) is 0.571. The second-order valence-corrected chi connectivity index (χ2v) is 4.52. The summed E-state index contributed by atoms with van der Waals surface area (Å²) in [6, 6.07) is 1.70. The standard InChI is InChI=1S/C14H22N2O4/c1-4-16(5-2)12(17)6-7-15-9-11-8-10(3)13(20-11)14(18)19/h8,15H,4-7,9H2,1-3H3,(H,18,19). The largest absolute Gasteiger partial charge is 0.475 e. The van der Waals surface area contributed by atoms with E-state index < -0.39 is 5.97 Å². The SMILES string of the molecule is CCN(CC)C(=O)CCNCc1cc(C)c(C(=O)O)o1. The van der Waals surface area contributed by atoms with Crippen LogP contribution >= 0.6 is 0 Å². The third-order valence-electron chi connectivity index (χ3n) is 3.09. The van der Waals surface area contributed by atoms with Crippen LogP contribution in [0, 0.1) is 6.92 Å². The molecule has 0 aliphatic heterocycles. The number of aromatic carboxylic acids is 1. The van der Waals surface area contributed by atoms with Crippen molar-refractivity contribution in [2.75, 3.05) is 19.6 Å². The van der Waals surface area contributed by atoms with E-state index in [-0.39, 0.29) is 11.7 Å². The van der Waals surface area contributed by atoms with Crippen LogP contribution in [0.15, 0.2) is 10.5 Å². The van der Waals surface area contributed by atoms with Gasteiger partial charge in [0.1, 0.15) is 5.76 Å². The Kier molecular flexibility index (Phi) is 6.24. The molecule has 1 rings (SSSR count). The van der Waals surface area contributed by atoms with Crippen molar-refractivity contribution in [3.63, 3.8) is 0 Å². The highest BCUT2D eigenvalue weighted by Crippen LogP contribution is 2.14. The van der Waals surface area contributed by atoms with Crippen LogP contribution in [0.3, 0.4) is 0 Å². The smallest absolute Gasteiger partial charge is 0.372 e. The van der Waals surface area contributed by atoms with E-state index in [0.717, 1.165) is 0 Å². The lowest BCUT2D eigenvalue weighted by Gasteiger charge is -2.18. The molecule has 0 saturated carbocycles. The first-order chi connectivity index (χ1) is 9.49. The molecule has 1 aromatic rings. The van der Waals surface area contributed by atoms with Crippen LogP contribution in [-0.2, 0) is 11.3 Å². The minimum atomic E-state index is -1.06. The molecule has 0 aromatic carbocycles. The third-order valence-corrected chi connectivity index (χ3v) is 3.09. The van der Waals surface area contributed by atoms with Gasteiger partial charge in [-0.25, -0.2) is 4.79 Å². The Hall–Kier alpha value is -1.82. The minimum absolute atomic E-state index is 0.0268. The average Bonchev–Trinajstić information content (AvgIpc) is 2.77. The first-order valence-corrected chi connectivity index (χ1v) is 6.80. The zero-order chi connectivity index (χ0) is 15.1. The molecule has 0 bridgehead atoms. The van der Waals surface area contributed by atoms with Crippen LogP contribution in [0.5, 0.6) is 0 Å². The zero-order valence-corrected chi connectivity index (χ0v) is 12.2. The minimum Gasteiger partial charge on any atom is -0.475 e. The van der Waals surface area contributed by atoms with Crippen molar-refractivity contribution in [1.82, 2.24) is 10.2 Å². The number of carbonyl (C=O) groups is 2. The molecule has 0 aliphatic rings. The fourth-order valence-corrected chi connectivity index (χ4v) is 1.99. The number of hydrogen-bond acceptors (Lipinski definition) is 4. The Morgan fingerprint density at radius 2 is 2.00 bits per heavy atom. The summed E-state index contributed by atoms with van der Waals surface area (Å²) in [6.45, 7) is 7.99. The first-order valence-electron chi connectivity index (χ1n) is 6.80. The summed E-state index contributed by atoms with van der Waals surface area (Å²) in [4.78, 5) is 24.4. The number of rotatable bonds is 8. The lowest BCUT2D eigenvalue weighted by atomic mass is 10.2. The quantitative estimate of drug-likeness (QED) is 0.708. The van der Waals surface area contributed by atoms with Crippen molar-refractivity contribution in [2.24, 2.45) is 0 Å². The molecular formula is C14H22N2O4. The van der Waals surface area contributed by atoms with Gasteiger partial charge in [0.2, 0.25) is 11.7 Å². The molecule has 20 heavy (non-hydrogen) atoms. The molecule has 0 aliphatic carbocycles. The number of nitrogens with zero attached hydrogens (tertiary/aromatic N) is 1. The van der Waals surface area contributed by atoms with E-state index >= 15 is 0 Å². The Bertz CT molecular complexity index is 464. The Morgan fingerprint density at radius 1 is 1.35 bits per heavy atom. The van der Waals surface area contributed by atoms with Gasteiger partial charge >= 0.3 is 5.97 Å². The van der Waals surface area contributed by atoms with Crippen molar-refractivity contribution < 1.29 is 19.1 Å². The van der Waals surface area contributed by atoms with Crippen LogP contribution in [0.4, 0.5) is 0 Å². The molecule has 0 fully saturated rings. The summed E-state index contributed by atoms with van der Waals surface area (Å²) < 4.78 is 5.22. The summed E-state index contributed by atoms with van der Waals surface area (Å²) in [5, 5.41) is 12.0. The van der Waals surface area contributed by atoms with E-state index in [9.17, 15) is 9.59 Å². The van der Waals surface area contributed by atoms with Crippen molar-refractivity contribution in [3.8, 4) is 0 Å². The predicted molar refractivity (Wildman–Crippen MR) is 74.7 cm³/mol. The van der Waals surface area contributed by atoms with Crippen LogP contribution in [0.2, 0.25) is 0 Å². The molecule has 0 radical (unpaired) electrons. The van der Waals surface area contributed by atoms with Gasteiger partial charge in [-0.15, -0.1) is 0 Å². The summed E-state index contributed by atoms with van der Waals surface area (Å²) in [5.74, 6) is -0.411. The number of furan rings is 1. The van der Waals surface area contributed by atoms with Crippen molar-refractivity contribution in [1.29, 1.82) is 0 Å². The van der Waals surface area contributed by atoms with Gasteiger partial charge in [0, 0.05) is 31.6 Å². The molecule has 1 amide bonds. The number of aryl methyl sites for hydroxylation is 1. The molecule has 112 valence electrons. The van der Waals surface area contributed by atoms with E-state index in [1.165, 1.54) is 0 Å². The summed E-state index contributed by atoms with van der Waals surface area (Å²) in [6.07, 6.45) is 0.424. The van der Waals surface area contributed by atoms with Crippen molar-refractivity contribution in [2.45, 2.75) is 33.7 Å². The van der Waals surface area contributed by atoms with Gasteiger partial charge in [0.15, 0.2) is 0 Å². The lowest BCUT2D eigenvalue weighted by molar-refractivity contribution is -0.130. The number of carbonyl (C=O) groups excluding carboxylic acids is 1. The fourth-order valence-electron chi connectivity index (χ4n) is 1.99. The van der Waals surface area contributed by atoms with Crippen molar-refractivity contribution in [3.05, 3.63) is 23.2 Å². The summed E-state index contributed by atoms with van der Waals surface area (Å²) in [7, 11) is 0. The highest BCUT2D eigenvalue weighted by Gasteiger charge is 2.14. The number of amides is 1. The Morgan fingerprint density at radius 3 is 2.50 bits per heavy atom. The molecule has 2 N–H and O–H groups in total. The molecule has 1 heterocycles. The molecular weight excluding hydrogens is 260 g/mol. The topological polar surface area (TPSA) is 82.8 Å². The molecule has 6 nitrogen and oxygen atoms in total. The summed E-state index contributed by atoms with van der Waals surface area (Å²) in [5.41, 5.74) is 0.605. The van der Waals surface area contributed by atoms with E-state index in [4.69, 9.17) is 9.52 Å². The van der Waals surface area contributed by atoms with Crippen LogP contribution in [0.1, 0.15) is 42.1 Å². The highest BCUT2D eigenvalue weighted by molar-refractivity contribution is 5.86. The highest BCUT2D eigenvalue weighted by atomic mass is 16.4. The van der Waals surface area contributed by atoms with Gasteiger partial charge in [-0.3, -0.25) is 4.79 Å². The number of carboxylic acid groups (broad SMARTS) is 1. The number of nitrogens with one attached hydrogen (secondary N) is 1. The summed E-state index contributed by atoms with van der Waals surface area (Å²) >= 11 is 0. The Labute approximate surface area is 118 Å². The van der Waals surface area contributed by atoms with E-state index in [0.29, 0.717) is 43.9 Å². The van der Waals surface area contributed by atoms with E-state index in [1.807, 2.05) is 13.8 Å². The van der Waals surface area contributed by atoms with Gasteiger partial charge in [0.25, 0.3) is 0 Å². The lowest BCUT2D eigenvalue weighted by Crippen LogP contribution is -2.32. The molecule has 0 spiro atoms. The Balaban J connectivity index is 2.36. The zero-order valence-electron chi connectivity index (χ0n) is 12.2. The van der Waals surface area contributed by atoms with Crippen LogP contribution in [-0.4, -0.2) is 41.5 Å². The molecule has 0 atom stereocenters. The first kappa shape index (κ1) is 16.2. The van der Waals surface area contributed by atoms with Crippen molar-refractivity contribution >= 4 is 11.9 Å². The maximum absolute atomic E-state index is 11.7. The third kappa shape index (κ3) is 4.38. The number of carboxylic acids is 1. The maximum Gasteiger partial charge on any atom is 0.372 e. The van der Waals surface area contributed by atoms with Crippen LogP contribution in [0.25, 0.3) is 0 Å². The molecule has 6 heteroatoms. The van der Waals surface area contributed by atoms with Crippen LogP contribution < -0.4 is 5.32 Å². The number of hydrogen-bond donors (Lipinski definition) is 2. The van der Waals surface area contributed by atoms with Gasteiger partial charge in [-0.05, 0) is 26.8 Å². The normalized spacial score (nSPS) is 10.6. The maximum atomic E-state index is 11.7. The average molecular weight is 282 g/mol. The van der Waals surface area contributed by atoms with Gasteiger partial charge < -0.3 is 19.7 Å². The van der Waals surface area contributed by atoms with Gasteiger partial charge in [-0.2, -0.15) is 0 Å².